The lowest BCUT2D eigenvalue weighted by Crippen LogP contribution is -2.12. The summed E-state index contributed by atoms with van der Waals surface area (Å²) in [5, 5.41) is 0. The van der Waals surface area contributed by atoms with Gasteiger partial charge in [0.25, 0.3) is 9.05 Å². The molecule has 0 N–H and O–H groups in total. The summed E-state index contributed by atoms with van der Waals surface area (Å²) in [6.07, 6.45) is 0.988. The van der Waals surface area contributed by atoms with Gasteiger partial charge in [0.2, 0.25) is 0 Å². The molecule has 0 fully saturated rings. The molecule has 0 saturated heterocycles. The number of hydrogen-bond donors (Lipinski definition) is 0. The second-order valence-corrected chi connectivity index (χ2v) is 7.62. The molecule has 1 aromatic carbocycles. The molecule has 0 aliphatic rings. The highest BCUT2D eigenvalue weighted by atomic mass is 35.7. The van der Waals surface area contributed by atoms with Crippen molar-refractivity contribution in [2.24, 2.45) is 0 Å². The molecule has 0 heterocycles. The van der Waals surface area contributed by atoms with Crippen molar-refractivity contribution in [3.05, 3.63) is 23.3 Å². The quantitative estimate of drug-likeness (QED) is 0.765. The number of aryl methyl sites for hydroxylation is 1. The van der Waals surface area contributed by atoms with Gasteiger partial charge in [-0.2, -0.15) is 0 Å². The number of halogens is 1. The maximum absolute atomic E-state index is 11.5. The first-order valence-corrected chi connectivity index (χ1v) is 8.73. The molecule has 19 heavy (non-hydrogen) atoms. The molecule has 0 bridgehead atoms. The van der Waals surface area contributed by atoms with E-state index in [2.05, 4.69) is 0 Å². The smallest absolute Gasteiger partial charge is 0.261 e. The van der Waals surface area contributed by atoms with Crippen LogP contribution in [0.15, 0.2) is 17.0 Å². The molecule has 1 aromatic rings. The lowest BCUT2D eigenvalue weighted by molar-refractivity contribution is 0.214. The van der Waals surface area contributed by atoms with E-state index in [1.54, 1.807) is 19.1 Å². The zero-order valence-electron chi connectivity index (χ0n) is 12.0. The highest BCUT2D eigenvalue weighted by molar-refractivity contribution is 8.13. The molecule has 3 nitrogen and oxygen atoms in total. The third-order valence-electron chi connectivity index (χ3n) is 3.10. The standard InChI is InChI=1S/C14H21ClO3S/c1-6-11(5)18-13-7-10(4)14(19(15,16)17)8-12(13)9(2)3/h7-9,11H,6H2,1-5H3. The fraction of sp³-hybridized carbons (Fsp3) is 0.571. The van der Waals surface area contributed by atoms with Crippen LogP contribution in [0.2, 0.25) is 0 Å². The van der Waals surface area contributed by atoms with Crippen LogP contribution in [-0.2, 0) is 9.05 Å². The Morgan fingerprint density at radius 1 is 1.26 bits per heavy atom. The number of ether oxygens (including phenoxy) is 1. The monoisotopic (exact) mass is 304 g/mol. The van der Waals surface area contributed by atoms with Crippen LogP contribution in [0.4, 0.5) is 0 Å². The molecule has 1 rings (SSSR count). The van der Waals surface area contributed by atoms with Crippen LogP contribution < -0.4 is 4.74 Å². The van der Waals surface area contributed by atoms with Crippen molar-refractivity contribution in [3.63, 3.8) is 0 Å². The Labute approximate surface area is 120 Å². The molecule has 1 atom stereocenters. The summed E-state index contributed by atoms with van der Waals surface area (Å²) in [6, 6.07) is 3.39. The van der Waals surface area contributed by atoms with Gasteiger partial charge in [0.05, 0.1) is 11.0 Å². The topological polar surface area (TPSA) is 43.4 Å². The Hall–Kier alpha value is -0.740. The Kier molecular flexibility index (Phi) is 5.27. The minimum absolute atomic E-state index is 0.0929. The van der Waals surface area contributed by atoms with E-state index < -0.39 is 9.05 Å². The third kappa shape index (κ3) is 4.11. The van der Waals surface area contributed by atoms with E-state index in [4.69, 9.17) is 15.4 Å². The summed E-state index contributed by atoms with van der Waals surface area (Å²) >= 11 is 0. The molecular formula is C14H21ClO3S. The first-order chi connectivity index (χ1) is 8.66. The number of rotatable bonds is 5. The molecule has 0 aromatic heterocycles. The van der Waals surface area contributed by atoms with Crippen LogP contribution >= 0.6 is 10.7 Å². The molecule has 0 aliphatic heterocycles. The maximum Gasteiger partial charge on any atom is 0.261 e. The van der Waals surface area contributed by atoms with Crippen molar-refractivity contribution in [2.45, 2.75) is 58.0 Å². The van der Waals surface area contributed by atoms with Gasteiger partial charge >= 0.3 is 0 Å². The van der Waals surface area contributed by atoms with Gasteiger partial charge in [-0.3, -0.25) is 0 Å². The summed E-state index contributed by atoms with van der Waals surface area (Å²) in [7, 11) is 1.73. The summed E-state index contributed by atoms with van der Waals surface area (Å²) < 4.78 is 29.0. The molecule has 0 aliphatic carbocycles. The van der Waals surface area contributed by atoms with E-state index in [0.717, 1.165) is 17.7 Å². The number of hydrogen-bond acceptors (Lipinski definition) is 3. The van der Waals surface area contributed by atoms with Crippen LogP contribution in [0.3, 0.4) is 0 Å². The Bertz CT molecular complexity index is 550. The first kappa shape index (κ1) is 16.3. The normalized spacial score (nSPS) is 13.6. The van der Waals surface area contributed by atoms with E-state index >= 15 is 0 Å². The molecule has 108 valence electrons. The first-order valence-electron chi connectivity index (χ1n) is 6.42. The molecule has 0 spiro atoms. The van der Waals surface area contributed by atoms with Crippen molar-refractivity contribution >= 4 is 19.7 Å². The van der Waals surface area contributed by atoms with Gasteiger partial charge in [-0.05, 0) is 49.4 Å². The van der Waals surface area contributed by atoms with Gasteiger partial charge in [0.15, 0.2) is 0 Å². The van der Waals surface area contributed by atoms with Crippen LogP contribution in [0.5, 0.6) is 5.75 Å². The predicted molar refractivity (Wildman–Crippen MR) is 78.7 cm³/mol. The lowest BCUT2D eigenvalue weighted by Gasteiger charge is -2.20. The van der Waals surface area contributed by atoms with Crippen LogP contribution in [0, 0.1) is 6.92 Å². The van der Waals surface area contributed by atoms with Crippen molar-refractivity contribution in [3.8, 4) is 5.75 Å². The van der Waals surface area contributed by atoms with Gasteiger partial charge < -0.3 is 4.74 Å². The van der Waals surface area contributed by atoms with Crippen molar-refractivity contribution in [2.75, 3.05) is 0 Å². The second-order valence-electron chi connectivity index (χ2n) is 5.08. The molecular weight excluding hydrogens is 284 g/mol. The van der Waals surface area contributed by atoms with Crippen molar-refractivity contribution < 1.29 is 13.2 Å². The molecule has 0 saturated carbocycles. The van der Waals surface area contributed by atoms with Gasteiger partial charge in [-0.15, -0.1) is 0 Å². The van der Waals surface area contributed by atoms with Gasteiger partial charge in [0, 0.05) is 10.7 Å². The van der Waals surface area contributed by atoms with Gasteiger partial charge in [0.1, 0.15) is 5.75 Å². The minimum atomic E-state index is -3.72. The van der Waals surface area contributed by atoms with Crippen molar-refractivity contribution in [1.82, 2.24) is 0 Å². The van der Waals surface area contributed by atoms with E-state index in [1.165, 1.54) is 0 Å². The van der Waals surface area contributed by atoms with E-state index in [-0.39, 0.29) is 16.9 Å². The summed E-state index contributed by atoms with van der Waals surface area (Å²) in [6.45, 7) is 9.76. The highest BCUT2D eigenvalue weighted by Crippen LogP contribution is 2.33. The Balaban J connectivity index is 3.38. The predicted octanol–water partition coefficient (Wildman–Crippen LogP) is 4.22. The molecule has 0 radical (unpaired) electrons. The van der Waals surface area contributed by atoms with Crippen molar-refractivity contribution in [1.29, 1.82) is 0 Å². The van der Waals surface area contributed by atoms with Gasteiger partial charge in [-0.1, -0.05) is 20.8 Å². The van der Waals surface area contributed by atoms with E-state index in [9.17, 15) is 8.42 Å². The largest absolute Gasteiger partial charge is 0.490 e. The molecule has 0 amide bonds. The maximum atomic E-state index is 11.5. The Morgan fingerprint density at radius 2 is 1.84 bits per heavy atom. The fourth-order valence-corrected chi connectivity index (χ4v) is 3.00. The summed E-state index contributed by atoms with van der Waals surface area (Å²) in [5.74, 6) is 0.905. The number of benzene rings is 1. The minimum Gasteiger partial charge on any atom is -0.490 e. The van der Waals surface area contributed by atoms with Gasteiger partial charge in [-0.25, -0.2) is 8.42 Å². The lowest BCUT2D eigenvalue weighted by atomic mass is 10.0. The van der Waals surface area contributed by atoms with Crippen LogP contribution in [-0.4, -0.2) is 14.5 Å². The Morgan fingerprint density at radius 3 is 2.26 bits per heavy atom. The summed E-state index contributed by atoms with van der Waals surface area (Å²) in [4.78, 5) is 0.161. The highest BCUT2D eigenvalue weighted by Gasteiger charge is 2.19. The third-order valence-corrected chi connectivity index (χ3v) is 4.56. The molecule has 5 heteroatoms. The zero-order valence-corrected chi connectivity index (χ0v) is 13.6. The zero-order chi connectivity index (χ0) is 14.8. The summed E-state index contributed by atoms with van der Waals surface area (Å²) in [5.41, 5.74) is 1.47. The average molecular weight is 305 g/mol. The van der Waals surface area contributed by atoms with E-state index in [1.807, 2.05) is 27.7 Å². The fourth-order valence-electron chi connectivity index (χ4n) is 1.79. The van der Waals surface area contributed by atoms with Crippen LogP contribution in [0.25, 0.3) is 0 Å². The second kappa shape index (κ2) is 6.14. The van der Waals surface area contributed by atoms with Crippen LogP contribution in [0.1, 0.15) is 51.2 Å². The molecule has 1 unspecified atom stereocenters. The van der Waals surface area contributed by atoms with E-state index in [0.29, 0.717) is 5.56 Å². The SMILES string of the molecule is CCC(C)Oc1cc(C)c(S(=O)(=O)Cl)cc1C(C)C. The average Bonchev–Trinajstić information content (AvgIpc) is 2.26.